The summed E-state index contributed by atoms with van der Waals surface area (Å²) in [6, 6.07) is 5.46. The van der Waals surface area contributed by atoms with Gasteiger partial charge in [-0.1, -0.05) is 22.9 Å². The van der Waals surface area contributed by atoms with Crippen molar-refractivity contribution < 1.29 is 0 Å². The number of rotatable bonds is 4. The van der Waals surface area contributed by atoms with Gasteiger partial charge in [-0.3, -0.25) is 9.36 Å². The quantitative estimate of drug-likeness (QED) is 0.725. The van der Waals surface area contributed by atoms with E-state index in [0.717, 1.165) is 23.3 Å². The van der Waals surface area contributed by atoms with E-state index in [-0.39, 0.29) is 5.56 Å². The summed E-state index contributed by atoms with van der Waals surface area (Å²) in [6.07, 6.45) is 4.04. The van der Waals surface area contributed by atoms with E-state index >= 15 is 0 Å². The molecule has 2 heterocycles. The molecule has 0 unspecified atom stereocenters. The van der Waals surface area contributed by atoms with Gasteiger partial charge in [0, 0.05) is 11.0 Å². The Balaban J connectivity index is 2.01. The third-order valence-electron chi connectivity index (χ3n) is 3.23. The molecule has 6 nitrogen and oxygen atoms in total. The maximum Gasteiger partial charge on any atom is 0.261 e. The average molecular weight is 348 g/mol. The third-order valence-corrected chi connectivity index (χ3v) is 3.72. The zero-order valence-corrected chi connectivity index (χ0v) is 13.1. The second kappa shape index (κ2) is 5.77. The van der Waals surface area contributed by atoms with E-state index in [1.165, 1.54) is 6.33 Å². The van der Waals surface area contributed by atoms with Crippen LogP contribution in [0.2, 0.25) is 0 Å². The molecule has 0 bridgehead atoms. The highest BCUT2D eigenvalue weighted by atomic mass is 79.9. The van der Waals surface area contributed by atoms with Gasteiger partial charge in [0.2, 0.25) is 0 Å². The first-order valence-corrected chi connectivity index (χ1v) is 7.49. The lowest BCUT2D eigenvalue weighted by atomic mass is 10.2. The molecule has 0 aliphatic heterocycles. The molecule has 0 aliphatic carbocycles. The van der Waals surface area contributed by atoms with Crippen molar-refractivity contribution in [2.75, 3.05) is 0 Å². The first-order valence-electron chi connectivity index (χ1n) is 6.70. The van der Waals surface area contributed by atoms with Crippen molar-refractivity contribution in [1.82, 2.24) is 24.3 Å². The van der Waals surface area contributed by atoms with E-state index < -0.39 is 0 Å². The fourth-order valence-electron chi connectivity index (χ4n) is 2.21. The summed E-state index contributed by atoms with van der Waals surface area (Å²) in [5, 5.41) is 4.77. The van der Waals surface area contributed by atoms with Crippen LogP contribution < -0.4 is 5.56 Å². The van der Waals surface area contributed by atoms with E-state index in [0.29, 0.717) is 17.4 Å². The van der Waals surface area contributed by atoms with Crippen LogP contribution in [0.15, 0.2) is 40.1 Å². The van der Waals surface area contributed by atoms with E-state index in [1.54, 1.807) is 17.0 Å². The van der Waals surface area contributed by atoms with Crippen molar-refractivity contribution in [3.8, 4) is 0 Å². The molecule has 0 aliphatic rings. The molecule has 0 saturated carbocycles. The molecule has 2 aromatic heterocycles. The van der Waals surface area contributed by atoms with Crippen LogP contribution in [0, 0.1) is 0 Å². The number of hydrogen-bond acceptors (Lipinski definition) is 4. The lowest BCUT2D eigenvalue weighted by Gasteiger charge is -2.08. The monoisotopic (exact) mass is 347 g/mol. The van der Waals surface area contributed by atoms with E-state index in [4.69, 9.17) is 0 Å². The lowest BCUT2D eigenvalue weighted by molar-refractivity contribution is 0.549. The Morgan fingerprint density at radius 3 is 2.95 bits per heavy atom. The van der Waals surface area contributed by atoms with Gasteiger partial charge in [-0.15, -0.1) is 0 Å². The summed E-state index contributed by atoms with van der Waals surface area (Å²) in [6.45, 7) is 3.24. The van der Waals surface area contributed by atoms with Crippen LogP contribution in [0.5, 0.6) is 0 Å². The Kier molecular flexibility index (Phi) is 3.83. The number of aromatic nitrogens is 5. The summed E-state index contributed by atoms with van der Waals surface area (Å²) in [7, 11) is 0. The molecular weight excluding hydrogens is 334 g/mol. The normalized spacial score (nSPS) is 11.1. The largest absolute Gasteiger partial charge is 0.291 e. The number of hydrogen-bond donors (Lipinski definition) is 0. The molecule has 0 N–H and O–H groups in total. The summed E-state index contributed by atoms with van der Waals surface area (Å²) in [5.74, 6) is 0.761. The fourth-order valence-corrected chi connectivity index (χ4v) is 2.55. The maximum absolute atomic E-state index is 12.5. The molecule has 0 atom stereocenters. The topological polar surface area (TPSA) is 65.6 Å². The third kappa shape index (κ3) is 2.73. The molecule has 0 spiro atoms. The molecule has 21 heavy (non-hydrogen) atoms. The Hall–Kier alpha value is -2.02. The molecule has 0 amide bonds. The maximum atomic E-state index is 12.5. The van der Waals surface area contributed by atoms with Gasteiger partial charge in [0.25, 0.3) is 5.56 Å². The molecule has 3 aromatic rings. The predicted octanol–water partition coefficient (Wildman–Crippen LogP) is 2.21. The van der Waals surface area contributed by atoms with Crippen molar-refractivity contribution in [3.05, 3.63) is 51.5 Å². The standard InChI is InChI=1S/C14H14BrN5O/c1-2-5-20-13(16-8-18-20)7-19-9-17-12-6-10(15)3-4-11(12)14(19)21/h3-4,6,8-9H,2,5,7H2,1H3. The summed E-state index contributed by atoms with van der Waals surface area (Å²) in [4.78, 5) is 21.0. The van der Waals surface area contributed by atoms with Gasteiger partial charge in [-0.2, -0.15) is 5.10 Å². The summed E-state index contributed by atoms with van der Waals surface area (Å²) < 4.78 is 4.28. The second-order valence-corrected chi connectivity index (χ2v) is 5.65. The summed E-state index contributed by atoms with van der Waals surface area (Å²) >= 11 is 3.38. The molecule has 0 fully saturated rings. The van der Waals surface area contributed by atoms with Crippen LogP contribution in [0.25, 0.3) is 10.9 Å². The molecule has 108 valence electrons. The van der Waals surface area contributed by atoms with Crippen LogP contribution in [0.4, 0.5) is 0 Å². The van der Waals surface area contributed by atoms with Gasteiger partial charge >= 0.3 is 0 Å². The van der Waals surface area contributed by atoms with Crippen molar-refractivity contribution in [1.29, 1.82) is 0 Å². The number of fused-ring (bicyclic) bond motifs is 1. The van der Waals surface area contributed by atoms with Gasteiger partial charge in [-0.25, -0.2) is 14.6 Å². The van der Waals surface area contributed by atoms with E-state index in [9.17, 15) is 4.79 Å². The molecule has 7 heteroatoms. The fraction of sp³-hybridized carbons (Fsp3) is 0.286. The van der Waals surface area contributed by atoms with Gasteiger partial charge in [-0.05, 0) is 24.6 Å². The van der Waals surface area contributed by atoms with Gasteiger partial charge in [0.05, 0.1) is 23.8 Å². The predicted molar refractivity (Wildman–Crippen MR) is 83.1 cm³/mol. The van der Waals surface area contributed by atoms with Crippen LogP contribution in [0.3, 0.4) is 0 Å². The molecule has 0 saturated heterocycles. The molecule has 0 radical (unpaired) electrons. The Morgan fingerprint density at radius 2 is 2.14 bits per heavy atom. The number of halogens is 1. The van der Waals surface area contributed by atoms with E-state index in [2.05, 4.69) is 37.9 Å². The van der Waals surface area contributed by atoms with Crippen LogP contribution in [-0.2, 0) is 13.1 Å². The molecule has 1 aromatic carbocycles. The second-order valence-electron chi connectivity index (χ2n) is 4.74. The first-order chi connectivity index (χ1) is 10.2. The van der Waals surface area contributed by atoms with Crippen molar-refractivity contribution in [3.63, 3.8) is 0 Å². The molecular formula is C14H14BrN5O. The number of aryl methyl sites for hydroxylation is 1. The Bertz CT molecular complexity index is 839. The lowest BCUT2D eigenvalue weighted by Crippen LogP contribution is -2.23. The van der Waals surface area contributed by atoms with Crippen molar-refractivity contribution >= 4 is 26.8 Å². The van der Waals surface area contributed by atoms with Crippen LogP contribution in [-0.4, -0.2) is 24.3 Å². The minimum Gasteiger partial charge on any atom is -0.291 e. The minimum absolute atomic E-state index is 0.0708. The Morgan fingerprint density at radius 1 is 1.29 bits per heavy atom. The Labute approximate surface area is 129 Å². The smallest absolute Gasteiger partial charge is 0.261 e. The van der Waals surface area contributed by atoms with Gasteiger partial charge < -0.3 is 0 Å². The van der Waals surface area contributed by atoms with E-state index in [1.807, 2.05) is 16.8 Å². The van der Waals surface area contributed by atoms with Gasteiger partial charge in [0.1, 0.15) is 12.2 Å². The summed E-state index contributed by atoms with van der Waals surface area (Å²) in [5.41, 5.74) is 0.610. The minimum atomic E-state index is -0.0708. The number of nitrogens with zero attached hydrogens (tertiary/aromatic N) is 5. The zero-order chi connectivity index (χ0) is 14.8. The number of benzene rings is 1. The zero-order valence-electron chi connectivity index (χ0n) is 11.5. The van der Waals surface area contributed by atoms with Gasteiger partial charge in [0.15, 0.2) is 0 Å². The van der Waals surface area contributed by atoms with Crippen LogP contribution in [0.1, 0.15) is 19.2 Å². The highest BCUT2D eigenvalue weighted by molar-refractivity contribution is 9.10. The van der Waals surface area contributed by atoms with Crippen molar-refractivity contribution in [2.24, 2.45) is 0 Å². The average Bonchev–Trinajstić information content (AvgIpc) is 2.90. The first kappa shape index (κ1) is 13.9. The SMILES string of the molecule is CCCn1ncnc1Cn1cnc2cc(Br)ccc2c1=O. The van der Waals surface area contributed by atoms with Crippen molar-refractivity contribution in [2.45, 2.75) is 26.4 Å². The highest BCUT2D eigenvalue weighted by Crippen LogP contribution is 2.15. The highest BCUT2D eigenvalue weighted by Gasteiger charge is 2.09. The molecule has 3 rings (SSSR count). The van der Waals surface area contributed by atoms with Crippen LogP contribution >= 0.6 is 15.9 Å².